The van der Waals surface area contributed by atoms with E-state index < -0.39 is 0 Å². The van der Waals surface area contributed by atoms with Crippen LogP contribution in [0.2, 0.25) is 0 Å². The molecule has 2 aromatic heterocycles. The summed E-state index contributed by atoms with van der Waals surface area (Å²) in [6.45, 7) is 5.39. The molecule has 2 aromatic rings. The maximum atomic E-state index is 4.83. The van der Waals surface area contributed by atoms with Crippen molar-refractivity contribution in [2.24, 2.45) is 0 Å². The first kappa shape index (κ1) is 13.2. The minimum atomic E-state index is 0.319. The highest BCUT2D eigenvalue weighted by atomic mass is 15.3. The van der Waals surface area contributed by atoms with Gasteiger partial charge in [-0.3, -0.25) is 14.6 Å². The van der Waals surface area contributed by atoms with Crippen LogP contribution in [0.1, 0.15) is 44.5 Å². The molecule has 0 unspecified atom stereocenters. The van der Waals surface area contributed by atoms with Crippen LogP contribution < -0.4 is 0 Å². The van der Waals surface area contributed by atoms with Crippen molar-refractivity contribution in [3.05, 3.63) is 30.4 Å². The molecule has 1 aliphatic rings. The van der Waals surface area contributed by atoms with E-state index in [2.05, 4.69) is 35.9 Å². The quantitative estimate of drug-likeness (QED) is 0.861. The van der Waals surface area contributed by atoms with E-state index in [9.17, 15) is 0 Å². The van der Waals surface area contributed by atoms with Gasteiger partial charge in [-0.1, -0.05) is 0 Å². The summed E-state index contributed by atoms with van der Waals surface area (Å²) in [5.41, 5.74) is 3.02. The molecule has 0 N–H and O–H groups in total. The van der Waals surface area contributed by atoms with Crippen molar-refractivity contribution >= 4 is 0 Å². The van der Waals surface area contributed by atoms with Crippen LogP contribution in [0.4, 0.5) is 0 Å². The van der Waals surface area contributed by atoms with Gasteiger partial charge in [0, 0.05) is 12.2 Å². The lowest BCUT2D eigenvalue weighted by Gasteiger charge is -2.19. The molecule has 3 heterocycles. The summed E-state index contributed by atoms with van der Waals surface area (Å²) in [5, 5.41) is 4.37. The number of likely N-dealkylation sites (tertiary alicyclic amines) is 1. The lowest BCUT2D eigenvalue weighted by Crippen LogP contribution is -2.19. The Bertz CT molecular complexity index is 589. The van der Waals surface area contributed by atoms with Crippen molar-refractivity contribution in [2.75, 3.05) is 13.6 Å². The third kappa shape index (κ3) is 2.33. The van der Waals surface area contributed by atoms with E-state index in [0.717, 1.165) is 30.0 Å². The standard InChI is InChI=1S/C15H21N5/c1-11(2)20-15(6-7-17-20)13-10-16-9-12(18-13)14-5-4-8-19(14)3/h6-7,9-11,14H,4-5,8H2,1-3H3/t14-/m1/s1. The Morgan fingerprint density at radius 2 is 2.15 bits per heavy atom. The number of hydrogen-bond donors (Lipinski definition) is 0. The molecule has 5 nitrogen and oxygen atoms in total. The van der Waals surface area contributed by atoms with Crippen LogP contribution in [0, 0.1) is 0 Å². The molecule has 0 amide bonds. The molecule has 0 aliphatic carbocycles. The minimum absolute atomic E-state index is 0.319. The van der Waals surface area contributed by atoms with Crippen LogP contribution in [0.5, 0.6) is 0 Å². The predicted molar refractivity (Wildman–Crippen MR) is 78.2 cm³/mol. The SMILES string of the molecule is CC(C)n1nccc1-c1cncc([C@H]2CCCN2C)n1. The summed E-state index contributed by atoms with van der Waals surface area (Å²) in [4.78, 5) is 11.6. The summed E-state index contributed by atoms with van der Waals surface area (Å²) in [6.07, 6.45) is 7.95. The molecule has 0 radical (unpaired) electrons. The monoisotopic (exact) mass is 271 g/mol. The topological polar surface area (TPSA) is 46.8 Å². The highest BCUT2D eigenvalue weighted by Gasteiger charge is 2.24. The number of rotatable bonds is 3. The summed E-state index contributed by atoms with van der Waals surface area (Å²) in [7, 11) is 2.16. The fraction of sp³-hybridized carbons (Fsp3) is 0.533. The number of hydrogen-bond acceptors (Lipinski definition) is 4. The van der Waals surface area contributed by atoms with Crippen molar-refractivity contribution in [1.82, 2.24) is 24.6 Å². The lowest BCUT2D eigenvalue weighted by molar-refractivity contribution is 0.311. The van der Waals surface area contributed by atoms with Crippen molar-refractivity contribution in [3.8, 4) is 11.4 Å². The Kier molecular flexibility index (Phi) is 3.53. The van der Waals surface area contributed by atoms with E-state index in [1.165, 1.54) is 6.42 Å². The molecule has 1 aliphatic heterocycles. The maximum Gasteiger partial charge on any atom is 0.107 e. The summed E-state index contributed by atoms with van der Waals surface area (Å²) in [5.74, 6) is 0. The van der Waals surface area contributed by atoms with E-state index in [1.54, 1.807) is 0 Å². The maximum absolute atomic E-state index is 4.83. The lowest BCUT2D eigenvalue weighted by atomic mass is 10.1. The zero-order valence-corrected chi connectivity index (χ0v) is 12.3. The van der Waals surface area contributed by atoms with E-state index in [1.807, 2.05) is 29.3 Å². The average Bonchev–Trinajstić information content (AvgIpc) is 3.07. The van der Waals surface area contributed by atoms with Crippen molar-refractivity contribution in [1.29, 1.82) is 0 Å². The van der Waals surface area contributed by atoms with Crippen LogP contribution in [0.25, 0.3) is 11.4 Å². The second-order valence-electron chi connectivity index (χ2n) is 5.72. The van der Waals surface area contributed by atoms with E-state index >= 15 is 0 Å². The zero-order chi connectivity index (χ0) is 14.1. The van der Waals surface area contributed by atoms with Gasteiger partial charge in [-0.2, -0.15) is 5.10 Å². The fourth-order valence-electron chi connectivity index (χ4n) is 2.88. The molecule has 1 saturated heterocycles. The predicted octanol–water partition coefficient (Wildman–Crippen LogP) is 2.69. The fourth-order valence-corrected chi connectivity index (χ4v) is 2.88. The zero-order valence-electron chi connectivity index (χ0n) is 12.3. The van der Waals surface area contributed by atoms with Gasteiger partial charge in [0.25, 0.3) is 0 Å². The molecule has 0 saturated carbocycles. The first-order valence-corrected chi connectivity index (χ1v) is 7.23. The third-order valence-corrected chi connectivity index (χ3v) is 3.94. The first-order chi connectivity index (χ1) is 9.66. The van der Waals surface area contributed by atoms with Gasteiger partial charge >= 0.3 is 0 Å². The highest BCUT2D eigenvalue weighted by Crippen LogP contribution is 2.30. The van der Waals surface area contributed by atoms with Gasteiger partial charge in [0.1, 0.15) is 5.69 Å². The molecule has 5 heteroatoms. The van der Waals surface area contributed by atoms with Gasteiger partial charge in [-0.05, 0) is 46.3 Å². The van der Waals surface area contributed by atoms with Crippen molar-refractivity contribution < 1.29 is 0 Å². The molecule has 20 heavy (non-hydrogen) atoms. The minimum Gasteiger partial charge on any atom is -0.298 e. The van der Waals surface area contributed by atoms with Gasteiger partial charge in [0.2, 0.25) is 0 Å². The summed E-state index contributed by atoms with van der Waals surface area (Å²) >= 11 is 0. The first-order valence-electron chi connectivity index (χ1n) is 7.23. The molecule has 1 fully saturated rings. The summed E-state index contributed by atoms with van der Waals surface area (Å²) in [6, 6.07) is 2.73. The second kappa shape index (κ2) is 5.32. The van der Waals surface area contributed by atoms with Crippen molar-refractivity contribution in [3.63, 3.8) is 0 Å². The second-order valence-corrected chi connectivity index (χ2v) is 5.72. The van der Waals surface area contributed by atoms with Gasteiger partial charge in [-0.15, -0.1) is 0 Å². The highest BCUT2D eigenvalue weighted by molar-refractivity contribution is 5.53. The third-order valence-electron chi connectivity index (χ3n) is 3.94. The Labute approximate surface area is 119 Å². The van der Waals surface area contributed by atoms with Crippen LogP contribution in [-0.2, 0) is 0 Å². The summed E-state index contributed by atoms with van der Waals surface area (Å²) < 4.78 is 1.99. The Hall–Kier alpha value is -1.75. The largest absolute Gasteiger partial charge is 0.298 e. The van der Waals surface area contributed by atoms with Gasteiger partial charge in [0.05, 0.1) is 29.8 Å². The van der Waals surface area contributed by atoms with Crippen molar-refractivity contribution in [2.45, 2.75) is 38.8 Å². The smallest absolute Gasteiger partial charge is 0.107 e. The molecule has 0 bridgehead atoms. The molecule has 106 valence electrons. The molecule has 0 spiro atoms. The van der Waals surface area contributed by atoms with Crippen LogP contribution >= 0.6 is 0 Å². The Balaban J connectivity index is 1.97. The van der Waals surface area contributed by atoms with E-state index in [4.69, 9.17) is 4.98 Å². The van der Waals surface area contributed by atoms with Gasteiger partial charge in [-0.25, -0.2) is 4.98 Å². The molecule has 3 rings (SSSR count). The Morgan fingerprint density at radius 1 is 1.30 bits per heavy atom. The van der Waals surface area contributed by atoms with E-state index in [-0.39, 0.29) is 0 Å². The average molecular weight is 271 g/mol. The molecule has 0 aromatic carbocycles. The molecule has 1 atom stereocenters. The van der Waals surface area contributed by atoms with Crippen LogP contribution in [-0.4, -0.2) is 38.2 Å². The van der Waals surface area contributed by atoms with Crippen LogP contribution in [0.15, 0.2) is 24.7 Å². The molecular formula is C15H21N5. The normalized spacial score (nSPS) is 19.9. The van der Waals surface area contributed by atoms with E-state index in [0.29, 0.717) is 12.1 Å². The Morgan fingerprint density at radius 3 is 2.85 bits per heavy atom. The van der Waals surface area contributed by atoms with Crippen LogP contribution in [0.3, 0.4) is 0 Å². The number of aromatic nitrogens is 4. The molecular weight excluding hydrogens is 250 g/mol. The van der Waals surface area contributed by atoms with Gasteiger partial charge in [0.15, 0.2) is 0 Å². The van der Waals surface area contributed by atoms with Gasteiger partial charge < -0.3 is 0 Å². The number of nitrogens with zero attached hydrogens (tertiary/aromatic N) is 5.